The van der Waals surface area contributed by atoms with Gasteiger partial charge in [-0.2, -0.15) is 27.1 Å². The van der Waals surface area contributed by atoms with Gasteiger partial charge in [0.15, 0.2) is 0 Å². The van der Waals surface area contributed by atoms with Crippen LogP contribution in [0, 0.1) is 0 Å². The van der Waals surface area contributed by atoms with Crippen molar-refractivity contribution in [3.05, 3.63) is 17.5 Å². The predicted octanol–water partition coefficient (Wildman–Crippen LogP) is 2.50. The van der Waals surface area contributed by atoms with E-state index in [1.54, 1.807) is 0 Å². The highest BCUT2D eigenvalue weighted by molar-refractivity contribution is 5.89. The van der Waals surface area contributed by atoms with Gasteiger partial charge in [0, 0.05) is 0 Å². The first-order valence-corrected chi connectivity index (χ1v) is 4.50. The number of rotatable bonds is 4. The fraction of sp³-hybridized carbons (Fsp3) is 0.500. The molecule has 0 radical (unpaired) electrons. The largest absolute Gasteiger partial charge is 0.478 e. The summed E-state index contributed by atoms with van der Waals surface area (Å²) in [6.07, 6.45) is -9.24. The van der Waals surface area contributed by atoms with E-state index < -0.39 is 42.3 Å². The Bertz CT molecular complexity index is 480. The van der Waals surface area contributed by atoms with Crippen molar-refractivity contribution < 1.29 is 40.6 Å². The van der Waals surface area contributed by atoms with Gasteiger partial charge in [0.1, 0.15) is 17.8 Å². The Kier molecular flexibility index (Phi) is 3.77. The molecule has 1 N–H and O–H groups in total. The van der Waals surface area contributed by atoms with E-state index >= 15 is 0 Å². The molecule has 0 saturated heterocycles. The van der Waals surface area contributed by atoms with Crippen molar-refractivity contribution in [3.8, 4) is 0 Å². The molecule has 0 atom stereocenters. The van der Waals surface area contributed by atoms with Crippen LogP contribution in [0.2, 0.25) is 0 Å². The number of aromatic carboxylic acids is 1. The summed E-state index contributed by atoms with van der Waals surface area (Å²) in [4.78, 5) is 10.6. The van der Waals surface area contributed by atoms with Crippen molar-refractivity contribution in [1.82, 2.24) is 9.78 Å². The maximum Gasteiger partial charge on any atom is 0.459 e. The fourth-order valence-corrected chi connectivity index (χ4v) is 1.28. The number of carboxylic acids is 1. The average molecular weight is 294 g/mol. The van der Waals surface area contributed by atoms with Gasteiger partial charge in [-0.15, -0.1) is 0 Å². The molecule has 0 aliphatic heterocycles. The number of halogens is 7. The minimum atomic E-state index is -6.13. The highest BCUT2D eigenvalue weighted by Gasteiger charge is 2.62. The number of carbonyl (C=O) groups is 1. The van der Waals surface area contributed by atoms with Crippen LogP contribution in [-0.4, -0.2) is 33.5 Å². The van der Waals surface area contributed by atoms with Crippen molar-refractivity contribution in [1.29, 1.82) is 0 Å². The molecular weight excluding hydrogens is 289 g/mol. The topological polar surface area (TPSA) is 55.1 Å². The van der Waals surface area contributed by atoms with Crippen LogP contribution < -0.4 is 0 Å². The van der Waals surface area contributed by atoms with E-state index in [1.165, 1.54) is 0 Å². The fourth-order valence-electron chi connectivity index (χ4n) is 1.28. The highest BCUT2D eigenvalue weighted by atomic mass is 19.4. The Hall–Kier alpha value is -1.81. The number of alkyl halides is 7. The lowest BCUT2D eigenvalue weighted by Gasteiger charge is -2.21. The third-order valence-electron chi connectivity index (χ3n) is 2.03. The monoisotopic (exact) mass is 294 g/mol. The standard InChI is InChI=1S/C8H5F7N2O2/c9-4(10)2-17-5(3(1-16-17)6(18)19)7(11,12)8(13,14)15/h1,4H,2H2,(H,18,19). The summed E-state index contributed by atoms with van der Waals surface area (Å²) in [6.45, 7) is -1.58. The Morgan fingerprint density at radius 1 is 1.32 bits per heavy atom. The molecule has 0 unspecified atom stereocenters. The molecule has 0 aliphatic carbocycles. The van der Waals surface area contributed by atoms with Crippen LogP contribution in [0.4, 0.5) is 30.7 Å². The molecule has 1 heterocycles. The summed E-state index contributed by atoms with van der Waals surface area (Å²) in [6, 6.07) is 0. The zero-order valence-electron chi connectivity index (χ0n) is 8.76. The number of hydrogen-bond acceptors (Lipinski definition) is 2. The van der Waals surface area contributed by atoms with E-state index in [2.05, 4.69) is 5.10 Å². The smallest absolute Gasteiger partial charge is 0.459 e. The molecule has 11 heteroatoms. The molecule has 0 amide bonds. The number of hydrogen-bond donors (Lipinski definition) is 1. The zero-order valence-corrected chi connectivity index (χ0v) is 8.76. The van der Waals surface area contributed by atoms with E-state index in [9.17, 15) is 35.5 Å². The summed E-state index contributed by atoms with van der Waals surface area (Å²) >= 11 is 0. The van der Waals surface area contributed by atoms with E-state index in [0.29, 0.717) is 0 Å². The third-order valence-corrected chi connectivity index (χ3v) is 2.03. The SMILES string of the molecule is O=C(O)c1cnn(CC(F)F)c1C(F)(F)C(F)(F)F. The molecule has 1 rings (SSSR count). The number of aromatic nitrogens is 2. The minimum absolute atomic E-state index is 0.166. The second-order valence-corrected chi connectivity index (χ2v) is 3.36. The maximum absolute atomic E-state index is 13.1. The van der Waals surface area contributed by atoms with Crippen molar-refractivity contribution in [2.45, 2.75) is 25.1 Å². The predicted molar refractivity (Wildman–Crippen MR) is 45.1 cm³/mol. The summed E-state index contributed by atoms with van der Waals surface area (Å²) < 4.78 is 86.6. The first-order valence-electron chi connectivity index (χ1n) is 4.50. The van der Waals surface area contributed by atoms with Crippen molar-refractivity contribution in [2.24, 2.45) is 0 Å². The molecule has 1 aromatic heterocycles. The van der Waals surface area contributed by atoms with Crippen LogP contribution in [0.5, 0.6) is 0 Å². The van der Waals surface area contributed by atoms with Crippen molar-refractivity contribution in [3.63, 3.8) is 0 Å². The van der Waals surface area contributed by atoms with E-state index in [1.807, 2.05) is 0 Å². The molecule has 0 aromatic carbocycles. The van der Waals surface area contributed by atoms with Gasteiger partial charge in [-0.3, -0.25) is 4.68 Å². The number of carboxylic acid groups (broad SMARTS) is 1. The quantitative estimate of drug-likeness (QED) is 0.868. The van der Waals surface area contributed by atoms with E-state index in [-0.39, 0.29) is 10.9 Å². The summed E-state index contributed by atoms with van der Waals surface area (Å²) in [5.74, 6) is -7.73. The molecule has 0 fully saturated rings. The lowest BCUT2D eigenvalue weighted by molar-refractivity contribution is -0.292. The first kappa shape index (κ1) is 15.2. The Labute approximate surface area is 100.0 Å². The second-order valence-electron chi connectivity index (χ2n) is 3.36. The molecule has 0 aliphatic rings. The Balaban J connectivity index is 3.45. The van der Waals surface area contributed by atoms with E-state index in [0.717, 1.165) is 0 Å². The van der Waals surface area contributed by atoms with Gasteiger partial charge in [-0.25, -0.2) is 13.6 Å². The van der Waals surface area contributed by atoms with Gasteiger partial charge in [-0.1, -0.05) is 0 Å². The van der Waals surface area contributed by atoms with Gasteiger partial charge >= 0.3 is 18.1 Å². The number of nitrogens with zero attached hydrogens (tertiary/aromatic N) is 2. The minimum Gasteiger partial charge on any atom is -0.478 e. The van der Waals surface area contributed by atoms with Gasteiger partial charge in [0.25, 0.3) is 6.43 Å². The lowest BCUT2D eigenvalue weighted by Crippen LogP contribution is -2.37. The highest BCUT2D eigenvalue weighted by Crippen LogP contribution is 2.45. The van der Waals surface area contributed by atoms with E-state index in [4.69, 9.17) is 5.11 Å². The van der Waals surface area contributed by atoms with Crippen molar-refractivity contribution >= 4 is 5.97 Å². The Morgan fingerprint density at radius 3 is 2.21 bits per heavy atom. The molecule has 0 saturated carbocycles. The molecule has 0 bridgehead atoms. The summed E-state index contributed by atoms with van der Waals surface area (Å²) in [5, 5.41) is 11.3. The van der Waals surface area contributed by atoms with Crippen LogP contribution >= 0.6 is 0 Å². The van der Waals surface area contributed by atoms with Gasteiger partial charge in [0.2, 0.25) is 0 Å². The van der Waals surface area contributed by atoms with Crippen molar-refractivity contribution in [2.75, 3.05) is 0 Å². The van der Waals surface area contributed by atoms with Crippen LogP contribution in [0.15, 0.2) is 6.20 Å². The van der Waals surface area contributed by atoms with Gasteiger partial charge < -0.3 is 5.11 Å². The maximum atomic E-state index is 13.1. The summed E-state index contributed by atoms with van der Waals surface area (Å²) in [7, 11) is 0. The molecule has 4 nitrogen and oxygen atoms in total. The van der Waals surface area contributed by atoms with Gasteiger partial charge in [0.05, 0.1) is 6.20 Å². The third kappa shape index (κ3) is 2.79. The van der Waals surface area contributed by atoms with Crippen LogP contribution in [0.25, 0.3) is 0 Å². The molecule has 108 valence electrons. The molecular formula is C8H5F7N2O2. The average Bonchev–Trinajstić information content (AvgIpc) is 2.58. The van der Waals surface area contributed by atoms with Gasteiger partial charge in [-0.05, 0) is 0 Å². The van der Waals surface area contributed by atoms with Crippen LogP contribution in [-0.2, 0) is 12.5 Å². The normalized spacial score (nSPS) is 13.1. The van der Waals surface area contributed by atoms with Crippen LogP contribution in [0.3, 0.4) is 0 Å². The Morgan fingerprint density at radius 2 is 1.84 bits per heavy atom. The molecule has 0 spiro atoms. The second kappa shape index (κ2) is 4.70. The zero-order chi connectivity index (χ0) is 15.0. The van der Waals surface area contributed by atoms with Crippen LogP contribution in [0.1, 0.15) is 16.1 Å². The molecule has 19 heavy (non-hydrogen) atoms. The first-order chi connectivity index (χ1) is 8.48. The molecule has 1 aromatic rings. The lowest BCUT2D eigenvalue weighted by atomic mass is 10.1. The summed E-state index contributed by atoms with van der Waals surface area (Å²) in [5.41, 5.74) is -3.60.